The normalized spacial score (nSPS) is 27.7. The maximum Gasteiger partial charge on any atom is 0.244 e. The molecule has 20 heavy (non-hydrogen) atoms. The highest BCUT2D eigenvalue weighted by Gasteiger charge is 2.38. The zero-order chi connectivity index (χ0) is 14.3. The molecule has 3 heterocycles. The van der Waals surface area contributed by atoms with Crippen molar-refractivity contribution in [3.05, 3.63) is 11.4 Å². The Balaban J connectivity index is 1.80. The molecule has 0 spiro atoms. The molecule has 2 aliphatic heterocycles. The topological polar surface area (TPSA) is 78.1 Å². The lowest BCUT2D eigenvalue weighted by atomic mass is 10.00. The van der Waals surface area contributed by atoms with Gasteiger partial charge in [0.15, 0.2) is 0 Å². The fourth-order valence-corrected chi connectivity index (χ4v) is 5.25. The van der Waals surface area contributed by atoms with Crippen LogP contribution in [0.3, 0.4) is 0 Å². The van der Waals surface area contributed by atoms with Gasteiger partial charge < -0.3 is 0 Å². The number of hydrogen-bond donors (Lipinski definition) is 2. The van der Waals surface area contributed by atoms with Crippen LogP contribution in [0.5, 0.6) is 0 Å². The van der Waals surface area contributed by atoms with Crippen LogP contribution in [-0.4, -0.2) is 48.7 Å². The van der Waals surface area contributed by atoms with Crippen LogP contribution < -0.4 is 4.72 Å². The Morgan fingerprint density at radius 3 is 2.75 bits per heavy atom. The minimum atomic E-state index is -3.48. The van der Waals surface area contributed by atoms with E-state index >= 15 is 0 Å². The molecular weight excluding hydrogens is 276 g/mol. The van der Waals surface area contributed by atoms with Crippen LogP contribution >= 0.6 is 0 Å². The molecule has 0 amide bonds. The molecule has 2 N–H and O–H groups in total. The van der Waals surface area contributed by atoms with Gasteiger partial charge in [0.05, 0.1) is 11.4 Å². The van der Waals surface area contributed by atoms with Gasteiger partial charge in [-0.05, 0) is 39.7 Å². The second-order valence-corrected chi connectivity index (χ2v) is 7.53. The van der Waals surface area contributed by atoms with Gasteiger partial charge in [-0.1, -0.05) is 6.42 Å². The van der Waals surface area contributed by atoms with Crippen molar-refractivity contribution in [1.82, 2.24) is 19.8 Å². The van der Waals surface area contributed by atoms with Crippen LogP contribution in [0.1, 0.15) is 37.1 Å². The summed E-state index contributed by atoms with van der Waals surface area (Å²) in [5.41, 5.74) is 1.14. The minimum Gasteiger partial charge on any atom is -0.299 e. The Bertz CT molecular complexity index is 576. The summed E-state index contributed by atoms with van der Waals surface area (Å²) in [6.45, 7) is 5.57. The highest BCUT2D eigenvalue weighted by molar-refractivity contribution is 7.89. The lowest BCUT2D eigenvalue weighted by molar-refractivity contribution is 0.186. The number of fused-ring (bicyclic) bond motifs is 1. The number of piperidine rings is 1. The highest BCUT2D eigenvalue weighted by Crippen LogP contribution is 2.28. The molecule has 0 bridgehead atoms. The SMILES string of the molecule is Cc1n[nH]c(C)c1S(=O)(=O)NC1CCN2CCCCC12. The molecule has 3 rings (SSSR count). The Morgan fingerprint density at radius 1 is 1.25 bits per heavy atom. The van der Waals surface area contributed by atoms with Crippen LogP contribution in [0.2, 0.25) is 0 Å². The third kappa shape index (κ3) is 2.38. The van der Waals surface area contributed by atoms with E-state index < -0.39 is 10.0 Å². The largest absolute Gasteiger partial charge is 0.299 e. The van der Waals surface area contributed by atoms with Gasteiger partial charge in [-0.15, -0.1) is 0 Å². The molecule has 0 radical (unpaired) electrons. The molecule has 0 aliphatic carbocycles. The fourth-order valence-electron chi connectivity index (χ4n) is 3.58. The second kappa shape index (κ2) is 5.13. The third-order valence-corrected chi connectivity index (χ3v) is 6.24. The summed E-state index contributed by atoms with van der Waals surface area (Å²) in [6, 6.07) is 0.403. The van der Waals surface area contributed by atoms with E-state index in [1.165, 1.54) is 12.8 Å². The van der Waals surface area contributed by atoms with Crippen LogP contribution in [0, 0.1) is 13.8 Å². The molecule has 7 heteroatoms. The maximum absolute atomic E-state index is 12.6. The minimum absolute atomic E-state index is 0.0361. The number of rotatable bonds is 3. The second-order valence-electron chi connectivity index (χ2n) is 5.88. The lowest BCUT2D eigenvalue weighted by Gasteiger charge is -2.32. The lowest BCUT2D eigenvalue weighted by Crippen LogP contribution is -2.46. The summed E-state index contributed by atoms with van der Waals surface area (Å²) in [6.07, 6.45) is 4.43. The number of H-pyrrole nitrogens is 1. The zero-order valence-corrected chi connectivity index (χ0v) is 12.8. The molecule has 112 valence electrons. The molecule has 1 aromatic rings. The quantitative estimate of drug-likeness (QED) is 0.870. The van der Waals surface area contributed by atoms with Gasteiger partial charge in [-0.25, -0.2) is 13.1 Å². The smallest absolute Gasteiger partial charge is 0.244 e. The predicted octanol–water partition coefficient (Wildman–Crippen LogP) is 0.932. The van der Waals surface area contributed by atoms with E-state index in [0.717, 1.165) is 25.9 Å². The standard InChI is InChI=1S/C13H22N4O2S/c1-9-13(10(2)15-14-9)20(18,19)16-11-6-8-17-7-4-3-5-12(11)17/h11-12,16H,3-8H2,1-2H3,(H,14,15). The molecule has 2 fully saturated rings. The van der Waals surface area contributed by atoms with Crippen molar-refractivity contribution in [1.29, 1.82) is 0 Å². The first-order valence-electron chi connectivity index (χ1n) is 7.27. The Kier molecular flexibility index (Phi) is 3.60. The zero-order valence-electron chi connectivity index (χ0n) is 12.0. The van der Waals surface area contributed by atoms with E-state index in [1.807, 2.05) is 0 Å². The van der Waals surface area contributed by atoms with E-state index in [1.54, 1.807) is 13.8 Å². The first kappa shape index (κ1) is 14.0. The summed E-state index contributed by atoms with van der Waals surface area (Å²) in [5.74, 6) is 0. The van der Waals surface area contributed by atoms with Gasteiger partial charge in [0, 0.05) is 18.6 Å². The van der Waals surface area contributed by atoms with Crippen molar-refractivity contribution in [2.75, 3.05) is 13.1 Å². The van der Waals surface area contributed by atoms with Crippen molar-refractivity contribution in [2.24, 2.45) is 0 Å². The van der Waals surface area contributed by atoms with Crippen LogP contribution in [-0.2, 0) is 10.0 Å². The monoisotopic (exact) mass is 298 g/mol. The van der Waals surface area contributed by atoms with Crippen LogP contribution in [0.25, 0.3) is 0 Å². The van der Waals surface area contributed by atoms with Crippen molar-refractivity contribution in [3.63, 3.8) is 0 Å². The van der Waals surface area contributed by atoms with E-state index in [4.69, 9.17) is 0 Å². The summed E-state index contributed by atoms with van der Waals surface area (Å²) in [7, 11) is -3.48. The average molecular weight is 298 g/mol. The predicted molar refractivity (Wildman–Crippen MR) is 76.0 cm³/mol. The number of aromatic amines is 1. The fraction of sp³-hybridized carbons (Fsp3) is 0.769. The Morgan fingerprint density at radius 2 is 2.05 bits per heavy atom. The molecule has 2 aliphatic rings. The summed E-state index contributed by atoms with van der Waals surface area (Å²) in [4.78, 5) is 2.73. The Labute approximate surface area is 120 Å². The van der Waals surface area contributed by atoms with E-state index in [9.17, 15) is 8.42 Å². The van der Waals surface area contributed by atoms with Crippen LogP contribution in [0.15, 0.2) is 4.90 Å². The van der Waals surface area contributed by atoms with E-state index in [0.29, 0.717) is 22.3 Å². The van der Waals surface area contributed by atoms with Crippen molar-refractivity contribution >= 4 is 10.0 Å². The first-order chi connectivity index (χ1) is 9.49. The number of aromatic nitrogens is 2. The first-order valence-corrected chi connectivity index (χ1v) is 8.75. The van der Waals surface area contributed by atoms with Crippen molar-refractivity contribution in [2.45, 2.75) is 56.5 Å². The molecule has 6 nitrogen and oxygen atoms in total. The van der Waals surface area contributed by atoms with E-state index in [-0.39, 0.29) is 6.04 Å². The van der Waals surface area contributed by atoms with Gasteiger partial charge in [-0.3, -0.25) is 10.00 Å². The number of aryl methyl sites for hydroxylation is 2. The summed E-state index contributed by atoms with van der Waals surface area (Å²) < 4.78 is 28.1. The number of sulfonamides is 1. The summed E-state index contributed by atoms with van der Waals surface area (Å²) in [5, 5.41) is 6.73. The summed E-state index contributed by atoms with van der Waals surface area (Å²) >= 11 is 0. The van der Waals surface area contributed by atoms with Crippen LogP contribution in [0.4, 0.5) is 0 Å². The molecule has 2 saturated heterocycles. The molecule has 0 aromatic carbocycles. The van der Waals surface area contributed by atoms with Gasteiger partial charge in [0.2, 0.25) is 10.0 Å². The third-order valence-electron chi connectivity index (χ3n) is 4.49. The number of nitrogens with zero attached hydrogens (tertiary/aromatic N) is 2. The number of nitrogens with one attached hydrogen (secondary N) is 2. The average Bonchev–Trinajstić information content (AvgIpc) is 2.94. The molecule has 2 atom stereocenters. The van der Waals surface area contributed by atoms with Gasteiger partial charge in [0.25, 0.3) is 0 Å². The van der Waals surface area contributed by atoms with Gasteiger partial charge in [-0.2, -0.15) is 5.10 Å². The van der Waals surface area contributed by atoms with Gasteiger partial charge >= 0.3 is 0 Å². The molecule has 2 unspecified atom stereocenters. The maximum atomic E-state index is 12.6. The van der Waals surface area contributed by atoms with E-state index in [2.05, 4.69) is 19.8 Å². The highest BCUT2D eigenvalue weighted by atomic mass is 32.2. The van der Waals surface area contributed by atoms with Gasteiger partial charge in [0.1, 0.15) is 4.90 Å². The Hall–Kier alpha value is -0.920. The molecular formula is C13H22N4O2S. The number of hydrogen-bond acceptors (Lipinski definition) is 4. The molecule has 1 aromatic heterocycles. The molecule has 0 saturated carbocycles. The van der Waals surface area contributed by atoms with Crippen molar-refractivity contribution < 1.29 is 8.42 Å². The van der Waals surface area contributed by atoms with Crippen molar-refractivity contribution in [3.8, 4) is 0 Å².